The monoisotopic (exact) mass is 671 g/mol. The van der Waals surface area contributed by atoms with Gasteiger partial charge in [-0.15, -0.1) is 5.92 Å². The number of carbonyl (C=O) groups excluding carboxylic acids is 3. The van der Waals surface area contributed by atoms with Gasteiger partial charge in [0.2, 0.25) is 5.91 Å². The number of amides is 1. The Balaban J connectivity index is 2.90. The van der Waals surface area contributed by atoms with E-state index in [0.29, 0.717) is 36.4 Å². The molecule has 0 unspecified atom stereocenters. The minimum Gasteiger partial charge on any atom is -0.481 e. The van der Waals surface area contributed by atoms with Gasteiger partial charge in [-0.05, 0) is 63.1 Å². The second-order valence-electron chi connectivity index (χ2n) is 12.0. The lowest BCUT2D eigenvalue weighted by Gasteiger charge is -2.31. The summed E-state index contributed by atoms with van der Waals surface area (Å²) in [6.07, 6.45) is 14.0. The molecule has 0 heterocycles. The number of unbranched alkanes of at least 4 members (excludes halogenated alkanes) is 8. The number of carboxylic acids is 1. The molecular formula is C38H57NO9. The number of ketones is 1. The zero-order valence-electron chi connectivity index (χ0n) is 29.4. The lowest BCUT2D eigenvalue weighted by atomic mass is 9.82. The quantitative estimate of drug-likeness (QED) is 0.0445. The van der Waals surface area contributed by atoms with Gasteiger partial charge in [-0.1, -0.05) is 75.7 Å². The largest absolute Gasteiger partial charge is 0.481 e. The molecule has 10 heteroatoms. The number of aliphatic hydroxyl groups is 1. The van der Waals surface area contributed by atoms with Gasteiger partial charge in [-0.2, -0.15) is 0 Å². The third kappa shape index (κ3) is 16.9. The van der Waals surface area contributed by atoms with E-state index >= 15 is 0 Å². The number of allylic oxidation sites excluding steroid dienone is 1. The van der Waals surface area contributed by atoms with Crippen LogP contribution in [0.5, 0.6) is 5.75 Å². The minimum absolute atomic E-state index is 0.0699. The summed E-state index contributed by atoms with van der Waals surface area (Å²) in [4.78, 5) is 50.9. The Labute approximate surface area is 287 Å². The van der Waals surface area contributed by atoms with E-state index in [1.165, 1.54) is 39.6 Å². The van der Waals surface area contributed by atoms with Crippen LogP contribution >= 0.6 is 0 Å². The first-order valence-electron chi connectivity index (χ1n) is 17.2. The number of benzene rings is 1. The SMILES string of the molecule is CC#CCOc1ccc(C[C@H](NC(=O)[C@@H](C=CCCCCCCC(=O)CCCCCCC)[C@@](O)(CCCOC)C(=O)O)C(=O)OC)cc1. The van der Waals surface area contributed by atoms with Gasteiger partial charge in [0, 0.05) is 33.0 Å². The molecule has 3 atom stereocenters. The highest BCUT2D eigenvalue weighted by atomic mass is 16.5. The van der Waals surface area contributed by atoms with E-state index in [-0.39, 0.29) is 32.5 Å². The van der Waals surface area contributed by atoms with Crippen molar-refractivity contribution >= 4 is 23.6 Å². The Kier molecular flexibility index (Phi) is 22.4. The molecule has 1 rings (SSSR count). The highest BCUT2D eigenvalue weighted by Crippen LogP contribution is 2.27. The molecule has 0 spiro atoms. The molecule has 0 saturated carbocycles. The number of hydrogen-bond donors (Lipinski definition) is 3. The average Bonchev–Trinajstić information content (AvgIpc) is 3.07. The van der Waals surface area contributed by atoms with Crippen molar-refractivity contribution in [3.8, 4) is 17.6 Å². The van der Waals surface area contributed by atoms with E-state index in [1.54, 1.807) is 37.3 Å². The third-order valence-electron chi connectivity index (χ3n) is 8.19. The van der Waals surface area contributed by atoms with Gasteiger partial charge >= 0.3 is 11.9 Å². The van der Waals surface area contributed by atoms with Gasteiger partial charge in [0.15, 0.2) is 5.60 Å². The maximum absolute atomic E-state index is 13.7. The summed E-state index contributed by atoms with van der Waals surface area (Å²) in [5.74, 6) is 1.92. The number of nitrogens with one attached hydrogen (secondary N) is 1. The predicted octanol–water partition coefficient (Wildman–Crippen LogP) is 5.97. The number of carboxylic acid groups (broad SMARTS) is 1. The van der Waals surface area contributed by atoms with Crippen molar-refractivity contribution in [2.75, 3.05) is 27.4 Å². The van der Waals surface area contributed by atoms with E-state index in [1.807, 2.05) is 0 Å². The van der Waals surface area contributed by atoms with Gasteiger partial charge in [-0.3, -0.25) is 9.59 Å². The third-order valence-corrected chi connectivity index (χ3v) is 8.19. The molecule has 0 aliphatic heterocycles. The summed E-state index contributed by atoms with van der Waals surface area (Å²) in [7, 11) is 2.67. The fourth-order valence-corrected chi connectivity index (χ4v) is 5.31. The van der Waals surface area contributed by atoms with Gasteiger partial charge in [0.25, 0.3) is 0 Å². The van der Waals surface area contributed by atoms with E-state index in [9.17, 15) is 29.4 Å². The molecule has 268 valence electrons. The Hall–Kier alpha value is -3.68. The van der Waals surface area contributed by atoms with Crippen molar-refractivity contribution in [1.82, 2.24) is 5.32 Å². The summed E-state index contributed by atoms with van der Waals surface area (Å²) in [6, 6.07) is 5.81. The van der Waals surface area contributed by atoms with Crippen LogP contribution in [0.1, 0.15) is 109 Å². The Bertz CT molecular complexity index is 1180. The first-order chi connectivity index (χ1) is 23.1. The van der Waals surface area contributed by atoms with Crippen molar-refractivity contribution < 1.29 is 43.6 Å². The fraction of sp³-hybridized carbons (Fsp3) is 0.632. The summed E-state index contributed by atoms with van der Waals surface area (Å²) in [6.45, 7) is 4.33. The second-order valence-corrected chi connectivity index (χ2v) is 12.0. The molecule has 1 aromatic carbocycles. The summed E-state index contributed by atoms with van der Waals surface area (Å²) >= 11 is 0. The van der Waals surface area contributed by atoms with Crippen molar-refractivity contribution in [2.45, 2.75) is 122 Å². The number of aliphatic carboxylic acids is 1. The fourth-order valence-electron chi connectivity index (χ4n) is 5.31. The van der Waals surface area contributed by atoms with Crippen LogP contribution in [0.15, 0.2) is 36.4 Å². The summed E-state index contributed by atoms with van der Waals surface area (Å²) in [5, 5.41) is 24.1. The van der Waals surface area contributed by atoms with E-state index < -0.39 is 35.4 Å². The molecule has 0 saturated heterocycles. The lowest BCUT2D eigenvalue weighted by molar-refractivity contribution is -0.168. The van der Waals surface area contributed by atoms with E-state index in [2.05, 4.69) is 24.1 Å². The number of esters is 1. The topological polar surface area (TPSA) is 148 Å². The summed E-state index contributed by atoms with van der Waals surface area (Å²) < 4.78 is 15.5. The van der Waals surface area contributed by atoms with Gasteiger partial charge in [0.1, 0.15) is 24.2 Å². The maximum Gasteiger partial charge on any atom is 0.336 e. The average molecular weight is 672 g/mol. The second kappa shape index (κ2) is 25.4. The zero-order chi connectivity index (χ0) is 35.6. The van der Waals surface area contributed by atoms with Crippen LogP contribution in [-0.4, -0.2) is 72.9 Å². The smallest absolute Gasteiger partial charge is 0.336 e. The number of Topliss-reactive ketones (excluding diaryl/α,β-unsaturated/α-hetero) is 1. The molecule has 0 aliphatic carbocycles. The maximum atomic E-state index is 13.7. The van der Waals surface area contributed by atoms with Gasteiger partial charge < -0.3 is 29.7 Å². The highest BCUT2D eigenvalue weighted by molar-refractivity contribution is 5.92. The summed E-state index contributed by atoms with van der Waals surface area (Å²) in [5.41, 5.74) is -1.73. The molecule has 10 nitrogen and oxygen atoms in total. The van der Waals surface area contributed by atoms with Crippen molar-refractivity contribution in [1.29, 1.82) is 0 Å². The Morgan fingerprint density at radius 3 is 2.17 bits per heavy atom. The van der Waals surface area contributed by atoms with Crippen LogP contribution in [0.25, 0.3) is 0 Å². The molecule has 1 amide bonds. The van der Waals surface area contributed by atoms with Crippen molar-refractivity contribution in [2.24, 2.45) is 5.92 Å². The van der Waals surface area contributed by atoms with Gasteiger partial charge in [-0.25, -0.2) is 9.59 Å². The number of hydrogen-bond acceptors (Lipinski definition) is 8. The number of ether oxygens (including phenoxy) is 3. The lowest BCUT2D eigenvalue weighted by Crippen LogP contribution is -2.54. The molecular weight excluding hydrogens is 614 g/mol. The van der Waals surface area contributed by atoms with Crippen LogP contribution in [0, 0.1) is 17.8 Å². The molecule has 3 N–H and O–H groups in total. The zero-order valence-corrected chi connectivity index (χ0v) is 29.4. The van der Waals surface area contributed by atoms with Crippen LogP contribution in [0.3, 0.4) is 0 Å². The van der Waals surface area contributed by atoms with Gasteiger partial charge in [0.05, 0.1) is 13.0 Å². The van der Waals surface area contributed by atoms with Crippen molar-refractivity contribution in [3.05, 3.63) is 42.0 Å². The molecule has 0 bridgehead atoms. The van der Waals surface area contributed by atoms with Crippen LogP contribution in [-0.2, 0) is 35.1 Å². The Morgan fingerprint density at radius 1 is 0.938 bits per heavy atom. The first kappa shape index (κ1) is 42.3. The molecule has 0 fully saturated rings. The molecule has 48 heavy (non-hydrogen) atoms. The molecule has 0 aromatic heterocycles. The van der Waals surface area contributed by atoms with Crippen molar-refractivity contribution in [3.63, 3.8) is 0 Å². The highest BCUT2D eigenvalue weighted by Gasteiger charge is 2.47. The first-order valence-corrected chi connectivity index (χ1v) is 17.2. The normalized spacial score (nSPS) is 13.5. The number of rotatable bonds is 27. The Morgan fingerprint density at radius 2 is 1.58 bits per heavy atom. The standard InChI is InChI=1S/C38H57NO9/c1-5-7-9-12-15-19-31(40)20-16-13-10-11-14-17-21-33(38(45,37(43)44)26-18-27-46-3)35(41)39-34(36(42)47-4)29-30-22-24-32(25-23-30)48-28-8-6-2/h17,21-25,33-34,45H,5,7,9-16,18-20,26-29H2,1-4H3,(H,39,41)(H,43,44)/t33-,34+,38+/m1/s1. The number of methoxy groups -OCH3 is 2. The number of carbonyl (C=O) groups is 4. The molecule has 1 aromatic rings. The van der Waals surface area contributed by atoms with Crippen LogP contribution < -0.4 is 10.1 Å². The molecule has 0 radical (unpaired) electrons. The van der Waals surface area contributed by atoms with E-state index in [4.69, 9.17) is 14.2 Å². The van der Waals surface area contributed by atoms with E-state index in [0.717, 1.165) is 38.5 Å². The minimum atomic E-state index is -2.43. The van der Waals surface area contributed by atoms with Crippen LogP contribution in [0.2, 0.25) is 0 Å². The molecule has 0 aliphatic rings. The van der Waals surface area contributed by atoms with Crippen LogP contribution in [0.4, 0.5) is 0 Å². The predicted molar refractivity (Wildman–Crippen MR) is 185 cm³/mol.